The van der Waals surface area contributed by atoms with E-state index in [-0.39, 0.29) is 0 Å². The second-order valence-corrected chi connectivity index (χ2v) is 5.63. The summed E-state index contributed by atoms with van der Waals surface area (Å²) in [5.74, 6) is 0.634. The predicted octanol–water partition coefficient (Wildman–Crippen LogP) is 4.10. The van der Waals surface area contributed by atoms with Gasteiger partial charge in [-0.1, -0.05) is 24.4 Å². The first kappa shape index (κ1) is 10.3. The van der Waals surface area contributed by atoms with Gasteiger partial charge < -0.3 is 0 Å². The van der Waals surface area contributed by atoms with Crippen LogP contribution >= 0.6 is 11.6 Å². The van der Waals surface area contributed by atoms with Crippen molar-refractivity contribution in [1.29, 1.82) is 0 Å². The number of carbonyl (C=O) groups excluding carboxylic acids is 1. The quantitative estimate of drug-likeness (QED) is 0.704. The second kappa shape index (κ2) is 3.59. The van der Waals surface area contributed by atoms with Gasteiger partial charge in [-0.05, 0) is 48.9 Å². The fourth-order valence-electron chi connectivity index (χ4n) is 3.17. The summed E-state index contributed by atoms with van der Waals surface area (Å²) in [5, 5.41) is 0.697. The lowest BCUT2D eigenvalue weighted by Gasteiger charge is -2.07. The number of hydrogen-bond acceptors (Lipinski definition) is 1. The van der Waals surface area contributed by atoms with E-state index in [2.05, 4.69) is 0 Å². The number of hydrogen-bond donors (Lipinski definition) is 0. The zero-order valence-corrected chi connectivity index (χ0v) is 9.96. The first-order valence-electron chi connectivity index (χ1n) is 6.01. The Hall–Kier alpha value is -0.820. The van der Waals surface area contributed by atoms with Crippen molar-refractivity contribution in [2.45, 2.75) is 32.1 Å². The number of benzene rings is 1. The summed E-state index contributed by atoms with van der Waals surface area (Å²) in [5.41, 5.74) is 1.23. The Morgan fingerprint density at radius 2 is 1.81 bits per heavy atom. The average molecular weight is 235 g/mol. The molecule has 2 heteroatoms. The summed E-state index contributed by atoms with van der Waals surface area (Å²) in [6.07, 6.45) is 6.26. The molecule has 0 saturated heterocycles. The minimum atomic E-state index is 0.302. The summed E-state index contributed by atoms with van der Waals surface area (Å²) < 4.78 is 0. The number of rotatable bonds is 2. The van der Waals surface area contributed by atoms with Gasteiger partial charge in [0.05, 0.1) is 0 Å². The molecule has 1 atom stereocenters. The van der Waals surface area contributed by atoms with Crippen molar-refractivity contribution in [2.75, 3.05) is 0 Å². The highest BCUT2D eigenvalue weighted by Crippen LogP contribution is 2.63. The highest BCUT2D eigenvalue weighted by Gasteiger charge is 2.58. The highest BCUT2D eigenvalue weighted by atomic mass is 35.5. The van der Waals surface area contributed by atoms with Crippen LogP contribution in [0.5, 0.6) is 0 Å². The van der Waals surface area contributed by atoms with Gasteiger partial charge in [-0.15, -0.1) is 0 Å². The molecule has 0 aliphatic heterocycles. The van der Waals surface area contributed by atoms with Crippen LogP contribution in [0.15, 0.2) is 24.3 Å². The monoisotopic (exact) mass is 234 g/mol. The number of carbonyl (C=O) groups is 1. The van der Waals surface area contributed by atoms with Crippen LogP contribution in [0.25, 0.3) is 0 Å². The second-order valence-electron chi connectivity index (χ2n) is 5.20. The molecule has 0 bridgehead atoms. The summed E-state index contributed by atoms with van der Waals surface area (Å²) in [6.45, 7) is 0. The van der Waals surface area contributed by atoms with Crippen LogP contribution in [0, 0.1) is 11.3 Å². The fraction of sp³-hybridized carbons (Fsp3) is 0.500. The molecule has 0 amide bonds. The Morgan fingerprint density at radius 3 is 2.44 bits per heavy atom. The zero-order valence-electron chi connectivity index (χ0n) is 9.21. The lowest BCUT2D eigenvalue weighted by Crippen LogP contribution is -2.08. The van der Waals surface area contributed by atoms with Crippen molar-refractivity contribution in [3.63, 3.8) is 0 Å². The Kier molecular flexibility index (Phi) is 2.32. The Labute approximate surface area is 101 Å². The molecule has 84 valence electrons. The van der Waals surface area contributed by atoms with E-state index in [0.29, 0.717) is 22.1 Å². The van der Waals surface area contributed by atoms with Gasteiger partial charge in [0, 0.05) is 16.5 Å². The topological polar surface area (TPSA) is 17.1 Å². The maximum absolute atomic E-state index is 12.2. The van der Waals surface area contributed by atoms with Crippen molar-refractivity contribution in [3.05, 3.63) is 34.9 Å². The molecule has 2 saturated carbocycles. The van der Waals surface area contributed by atoms with E-state index in [1.165, 1.54) is 25.7 Å². The summed E-state index contributed by atoms with van der Waals surface area (Å²) in [7, 11) is 0. The van der Waals surface area contributed by atoms with Crippen molar-refractivity contribution < 1.29 is 4.79 Å². The van der Waals surface area contributed by atoms with Gasteiger partial charge in [-0.2, -0.15) is 0 Å². The molecule has 1 nitrogen and oxygen atoms in total. The van der Waals surface area contributed by atoms with E-state index >= 15 is 0 Å². The SMILES string of the molecule is O=C(c1ccc(Cl)cc1)[C@@H]1CC12CCCC2. The van der Waals surface area contributed by atoms with Crippen molar-refractivity contribution >= 4 is 17.4 Å². The van der Waals surface area contributed by atoms with E-state index in [4.69, 9.17) is 11.6 Å². The molecule has 0 N–H and O–H groups in total. The van der Waals surface area contributed by atoms with Crippen LogP contribution in [0.2, 0.25) is 5.02 Å². The van der Waals surface area contributed by atoms with Crippen LogP contribution in [0.1, 0.15) is 42.5 Å². The number of halogens is 1. The van der Waals surface area contributed by atoms with Gasteiger partial charge in [0.1, 0.15) is 0 Å². The molecule has 0 unspecified atom stereocenters. The van der Waals surface area contributed by atoms with Gasteiger partial charge >= 0.3 is 0 Å². The molecule has 0 heterocycles. The minimum absolute atomic E-state index is 0.302. The molecule has 0 radical (unpaired) electrons. The van der Waals surface area contributed by atoms with E-state index in [1.807, 2.05) is 12.1 Å². The van der Waals surface area contributed by atoms with Crippen LogP contribution in [-0.2, 0) is 0 Å². The molecule has 2 aliphatic rings. The van der Waals surface area contributed by atoms with E-state index in [9.17, 15) is 4.79 Å². The third-order valence-electron chi connectivity index (χ3n) is 4.23. The Morgan fingerprint density at radius 1 is 1.19 bits per heavy atom. The summed E-state index contributed by atoms with van der Waals surface area (Å²) in [6, 6.07) is 7.31. The molecule has 1 spiro atoms. The Balaban J connectivity index is 1.77. The summed E-state index contributed by atoms with van der Waals surface area (Å²) >= 11 is 5.82. The van der Waals surface area contributed by atoms with Crippen molar-refractivity contribution in [2.24, 2.45) is 11.3 Å². The molecule has 2 aliphatic carbocycles. The minimum Gasteiger partial charge on any atom is -0.294 e. The first-order chi connectivity index (χ1) is 7.71. The van der Waals surface area contributed by atoms with E-state index < -0.39 is 0 Å². The molecule has 1 aromatic carbocycles. The van der Waals surface area contributed by atoms with Crippen molar-refractivity contribution in [3.8, 4) is 0 Å². The fourth-order valence-corrected chi connectivity index (χ4v) is 3.29. The molecule has 3 rings (SSSR count). The van der Waals surface area contributed by atoms with E-state index in [0.717, 1.165) is 12.0 Å². The molecule has 0 aromatic heterocycles. The van der Waals surface area contributed by atoms with Crippen LogP contribution in [-0.4, -0.2) is 5.78 Å². The average Bonchev–Trinajstić information content (AvgIpc) is 2.77. The molecule has 2 fully saturated rings. The van der Waals surface area contributed by atoms with Crippen LogP contribution in [0.3, 0.4) is 0 Å². The maximum Gasteiger partial charge on any atom is 0.166 e. The van der Waals surface area contributed by atoms with Gasteiger partial charge in [0.2, 0.25) is 0 Å². The third kappa shape index (κ3) is 1.58. The smallest absolute Gasteiger partial charge is 0.166 e. The lowest BCUT2D eigenvalue weighted by atomic mass is 9.97. The van der Waals surface area contributed by atoms with Crippen LogP contribution < -0.4 is 0 Å². The maximum atomic E-state index is 12.2. The van der Waals surface area contributed by atoms with Gasteiger partial charge in [-0.25, -0.2) is 0 Å². The normalized spacial score (nSPS) is 25.9. The highest BCUT2D eigenvalue weighted by molar-refractivity contribution is 6.30. The first-order valence-corrected chi connectivity index (χ1v) is 6.39. The van der Waals surface area contributed by atoms with Gasteiger partial charge in [0.25, 0.3) is 0 Å². The zero-order chi connectivity index (χ0) is 11.2. The standard InChI is InChI=1S/C14H15ClO/c15-11-5-3-10(4-6-11)13(16)12-9-14(12)7-1-2-8-14/h3-6,12H,1-2,7-9H2/t12-/m0/s1. The van der Waals surface area contributed by atoms with Gasteiger partial charge in [0.15, 0.2) is 5.78 Å². The van der Waals surface area contributed by atoms with E-state index in [1.54, 1.807) is 12.1 Å². The van der Waals surface area contributed by atoms with Crippen molar-refractivity contribution in [1.82, 2.24) is 0 Å². The van der Waals surface area contributed by atoms with Gasteiger partial charge in [-0.3, -0.25) is 4.79 Å². The molecular weight excluding hydrogens is 220 g/mol. The molecule has 1 aromatic rings. The Bertz CT molecular complexity index is 415. The van der Waals surface area contributed by atoms with Crippen LogP contribution in [0.4, 0.5) is 0 Å². The lowest BCUT2D eigenvalue weighted by molar-refractivity contribution is 0.0949. The largest absolute Gasteiger partial charge is 0.294 e. The predicted molar refractivity (Wildman–Crippen MR) is 64.8 cm³/mol. The molecular formula is C14H15ClO. The number of ketones is 1. The summed E-state index contributed by atoms with van der Waals surface area (Å²) in [4.78, 5) is 12.2. The third-order valence-corrected chi connectivity index (χ3v) is 4.49. The molecule has 16 heavy (non-hydrogen) atoms. The number of Topliss-reactive ketones (excluding diaryl/α,β-unsaturated/α-hetero) is 1.